The summed E-state index contributed by atoms with van der Waals surface area (Å²) in [5, 5.41) is 9.10. The van der Waals surface area contributed by atoms with Gasteiger partial charge in [-0.25, -0.2) is 13.9 Å². The fraction of sp³-hybridized carbons (Fsp3) is 0.0870. The highest BCUT2D eigenvalue weighted by molar-refractivity contribution is 6.35. The fourth-order valence-electron chi connectivity index (χ4n) is 3.80. The Kier molecular flexibility index (Phi) is 4.67. The van der Waals surface area contributed by atoms with Crippen LogP contribution in [-0.4, -0.2) is 19.2 Å². The molecule has 0 radical (unpaired) electrons. The lowest BCUT2D eigenvalue weighted by Gasteiger charge is -2.22. The van der Waals surface area contributed by atoms with E-state index < -0.39 is 5.82 Å². The highest BCUT2D eigenvalue weighted by Crippen LogP contribution is 2.28. The second-order valence-corrected chi connectivity index (χ2v) is 7.61. The second-order valence-electron chi connectivity index (χ2n) is 7.20. The van der Waals surface area contributed by atoms with Gasteiger partial charge in [0.15, 0.2) is 5.65 Å². The van der Waals surface area contributed by atoms with Crippen molar-refractivity contribution in [3.05, 3.63) is 100 Å². The highest BCUT2D eigenvalue weighted by Gasteiger charge is 2.19. The van der Waals surface area contributed by atoms with E-state index in [2.05, 4.69) is 15.4 Å². The van der Waals surface area contributed by atoms with E-state index in [4.69, 9.17) is 11.6 Å². The summed E-state index contributed by atoms with van der Waals surface area (Å²) < 4.78 is 17.2. The molecule has 8 heteroatoms. The van der Waals surface area contributed by atoms with Gasteiger partial charge in [0.2, 0.25) is 0 Å². The number of nitrogens with one attached hydrogen (secondary N) is 1. The normalized spacial score (nSPS) is 12.4. The quantitative estimate of drug-likeness (QED) is 0.433. The van der Waals surface area contributed by atoms with Gasteiger partial charge in [-0.15, -0.1) is 0 Å². The largest absolute Gasteiger partial charge is 0.374 e. The van der Waals surface area contributed by atoms with Gasteiger partial charge < -0.3 is 5.32 Å². The molecule has 5 rings (SSSR count). The first-order valence-corrected chi connectivity index (χ1v) is 10.1. The molecule has 3 heterocycles. The summed E-state index contributed by atoms with van der Waals surface area (Å²) in [4.78, 5) is 17.9. The van der Waals surface area contributed by atoms with E-state index in [1.54, 1.807) is 47.4 Å². The predicted octanol–water partition coefficient (Wildman–Crippen LogP) is 5.00. The molecule has 0 spiro atoms. The molecule has 154 valence electrons. The monoisotopic (exact) mass is 433 g/mol. The maximum atomic E-state index is 14.0. The van der Waals surface area contributed by atoms with Crippen LogP contribution in [0.4, 0.5) is 10.1 Å². The molecule has 0 unspecified atom stereocenters. The molecular weight excluding hydrogens is 417 g/mol. The van der Waals surface area contributed by atoms with E-state index in [1.165, 1.54) is 16.7 Å². The Bertz CT molecular complexity index is 1490. The standard InChI is InChI=1S/C23H17ClFN5O/c1-14(28-19-8-9-27-29-11-10-26-22(19)29)20-12-15-4-2-7-18(24)21(15)23(31)30(20)17-6-3-5-16(25)13-17/h2-14,28H,1H3/t14-/m0/s1. The number of nitrogens with zero attached hydrogens (tertiary/aromatic N) is 4. The third-order valence-electron chi connectivity index (χ3n) is 5.20. The summed E-state index contributed by atoms with van der Waals surface area (Å²) >= 11 is 6.35. The van der Waals surface area contributed by atoms with E-state index >= 15 is 0 Å². The van der Waals surface area contributed by atoms with Gasteiger partial charge >= 0.3 is 0 Å². The first-order chi connectivity index (χ1) is 15.0. The maximum absolute atomic E-state index is 14.0. The molecule has 0 fully saturated rings. The first kappa shape index (κ1) is 19.3. The van der Waals surface area contributed by atoms with E-state index in [9.17, 15) is 9.18 Å². The molecule has 0 aliphatic rings. The summed E-state index contributed by atoms with van der Waals surface area (Å²) in [5.74, 6) is -0.427. The number of imidazole rings is 1. The first-order valence-electron chi connectivity index (χ1n) is 9.68. The second kappa shape index (κ2) is 7.52. The zero-order valence-corrected chi connectivity index (χ0v) is 17.2. The Hall–Kier alpha value is -3.71. The lowest BCUT2D eigenvalue weighted by molar-refractivity contribution is 0.625. The van der Waals surface area contributed by atoms with Crippen molar-refractivity contribution >= 4 is 33.7 Å². The molecule has 2 aromatic carbocycles. The number of rotatable bonds is 4. The van der Waals surface area contributed by atoms with Crippen molar-refractivity contribution in [2.24, 2.45) is 0 Å². The Balaban J connectivity index is 1.72. The number of aromatic nitrogens is 4. The van der Waals surface area contributed by atoms with Crippen LogP contribution in [0, 0.1) is 5.82 Å². The minimum Gasteiger partial charge on any atom is -0.374 e. The van der Waals surface area contributed by atoms with Crippen molar-refractivity contribution in [2.45, 2.75) is 13.0 Å². The number of fused-ring (bicyclic) bond motifs is 2. The van der Waals surface area contributed by atoms with Crippen molar-refractivity contribution in [2.75, 3.05) is 5.32 Å². The molecule has 1 N–H and O–H groups in total. The van der Waals surface area contributed by atoms with Crippen molar-refractivity contribution < 1.29 is 4.39 Å². The smallest absolute Gasteiger partial charge is 0.264 e. The third-order valence-corrected chi connectivity index (χ3v) is 5.52. The van der Waals surface area contributed by atoms with Crippen LogP contribution in [0.3, 0.4) is 0 Å². The van der Waals surface area contributed by atoms with Crippen LogP contribution in [-0.2, 0) is 0 Å². The molecule has 0 bridgehead atoms. The van der Waals surface area contributed by atoms with E-state index in [0.717, 1.165) is 11.1 Å². The molecule has 0 saturated carbocycles. The lowest BCUT2D eigenvalue weighted by atomic mass is 10.1. The molecule has 3 aromatic heterocycles. The fourth-order valence-corrected chi connectivity index (χ4v) is 4.06. The van der Waals surface area contributed by atoms with Gasteiger partial charge in [-0.05, 0) is 48.7 Å². The topological polar surface area (TPSA) is 64.2 Å². The Morgan fingerprint density at radius 2 is 1.94 bits per heavy atom. The summed E-state index contributed by atoms with van der Waals surface area (Å²) in [6.07, 6.45) is 5.09. The van der Waals surface area contributed by atoms with Gasteiger partial charge in [0.25, 0.3) is 5.56 Å². The molecule has 31 heavy (non-hydrogen) atoms. The minimum absolute atomic E-state index is 0.307. The maximum Gasteiger partial charge on any atom is 0.264 e. The van der Waals surface area contributed by atoms with Crippen LogP contribution >= 0.6 is 11.6 Å². The summed E-state index contributed by atoms with van der Waals surface area (Å²) in [5.41, 5.74) is 2.20. The van der Waals surface area contributed by atoms with E-state index in [0.29, 0.717) is 27.4 Å². The SMILES string of the molecule is C[C@H](Nc1ccnn2ccnc12)c1cc2cccc(Cl)c2c(=O)n1-c1cccc(F)c1. The number of hydrogen-bond acceptors (Lipinski definition) is 4. The average Bonchev–Trinajstić information content (AvgIpc) is 3.23. The van der Waals surface area contributed by atoms with Crippen LogP contribution in [0.15, 0.2) is 78.0 Å². The summed E-state index contributed by atoms with van der Waals surface area (Å²) in [6.45, 7) is 1.93. The van der Waals surface area contributed by atoms with Crippen LogP contribution < -0.4 is 10.9 Å². The molecule has 0 amide bonds. The van der Waals surface area contributed by atoms with Gasteiger partial charge in [0, 0.05) is 18.1 Å². The Morgan fingerprint density at radius 1 is 1.10 bits per heavy atom. The van der Waals surface area contributed by atoms with Crippen LogP contribution in [0.2, 0.25) is 5.02 Å². The molecule has 0 aliphatic heterocycles. The lowest BCUT2D eigenvalue weighted by Crippen LogP contribution is -2.26. The number of pyridine rings is 1. The summed E-state index contributed by atoms with van der Waals surface area (Å²) in [6, 6.07) is 14.7. The number of halogens is 2. The van der Waals surface area contributed by atoms with Crippen molar-refractivity contribution in [3.63, 3.8) is 0 Å². The van der Waals surface area contributed by atoms with Gasteiger partial charge in [-0.2, -0.15) is 5.10 Å². The molecule has 6 nitrogen and oxygen atoms in total. The van der Waals surface area contributed by atoms with Crippen LogP contribution in [0.25, 0.3) is 22.1 Å². The van der Waals surface area contributed by atoms with Gasteiger partial charge in [-0.1, -0.05) is 29.8 Å². The number of anilines is 1. The van der Waals surface area contributed by atoms with Gasteiger partial charge in [0.1, 0.15) is 5.82 Å². The molecule has 0 aliphatic carbocycles. The highest BCUT2D eigenvalue weighted by atomic mass is 35.5. The Labute approximate surface area is 181 Å². The van der Waals surface area contributed by atoms with Crippen molar-refractivity contribution in [1.29, 1.82) is 0 Å². The molecule has 5 aromatic rings. The van der Waals surface area contributed by atoms with Crippen LogP contribution in [0.5, 0.6) is 0 Å². The predicted molar refractivity (Wildman–Crippen MR) is 120 cm³/mol. The number of hydrogen-bond donors (Lipinski definition) is 1. The zero-order valence-electron chi connectivity index (χ0n) is 16.5. The zero-order chi connectivity index (χ0) is 21.5. The van der Waals surface area contributed by atoms with Crippen molar-refractivity contribution in [1.82, 2.24) is 19.2 Å². The third kappa shape index (κ3) is 3.33. The molecule has 1 atom stereocenters. The Morgan fingerprint density at radius 3 is 2.77 bits per heavy atom. The van der Waals surface area contributed by atoms with Crippen molar-refractivity contribution in [3.8, 4) is 5.69 Å². The summed E-state index contributed by atoms with van der Waals surface area (Å²) in [7, 11) is 0. The van der Waals surface area contributed by atoms with Gasteiger partial charge in [-0.3, -0.25) is 9.36 Å². The van der Waals surface area contributed by atoms with Crippen LogP contribution in [0.1, 0.15) is 18.7 Å². The molecule has 0 saturated heterocycles. The van der Waals surface area contributed by atoms with E-state index in [1.807, 2.05) is 25.1 Å². The van der Waals surface area contributed by atoms with Gasteiger partial charge in [0.05, 0.1) is 34.0 Å². The average molecular weight is 434 g/mol. The number of benzene rings is 2. The minimum atomic E-state index is -0.427. The molecular formula is C23H17ClFN5O. The van der Waals surface area contributed by atoms with E-state index in [-0.39, 0.29) is 11.6 Å².